The van der Waals surface area contributed by atoms with Crippen LogP contribution in [0.15, 0.2) is 0 Å². The van der Waals surface area contributed by atoms with E-state index in [-0.39, 0.29) is 18.6 Å². The van der Waals surface area contributed by atoms with Crippen LogP contribution in [0.1, 0.15) is 20.9 Å². The van der Waals surface area contributed by atoms with Gasteiger partial charge in [-0.1, -0.05) is 0 Å². The summed E-state index contributed by atoms with van der Waals surface area (Å²) in [5.74, 6) is 0. The summed E-state index contributed by atoms with van der Waals surface area (Å²) >= 11 is 1.84. The van der Waals surface area contributed by atoms with Crippen molar-refractivity contribution in [1.29, 1.82) is 0 Å². The predicted molar refractivity (Wildman–Crippen MR) is 46.4 cm³/mol. The molecule has 11 heavy (non-hydrogen) atoms. The van der Waals surface area contributed by atoms with Crippen molar-refractivity contribution < 1.29 is 18.6 Å². The molecule has 0 atom stereocenters. The van der Waals surface area contributed by atoms with Gasteiger partial charge in [-0.3, -0.25) is 0 Å². The third-order valence-corrected chi connectivity index (χ3v) is 3.08. The van der Waals surface area contributed by atoms with E-state index in [4.69, 9.17) is 5.73 Å². The summed E-state index contributed by atoms with van der Waals surface area (Å²) in [6.07, 6.45) is 0. The Hall–Kier alpha value is 0.244. The van der Waals surface area contributed by atoms with Crippen molar-refractivity contribution in [3.63, 3.8) is 0 Å². The van der Waals surface area contributed by atoms with Crippen LogP contribution in [0.3, 0.4) is 0 Å². The fourth-order valence-corrected chi connectivity index (χ4v) is 2.24. The standard InChI is InChI=1S/C8H13NS.V/c1-5-6(2)10-7(3)8(5)4-9;/h4,9H2,1-3H3;. The van der Waals surface area contributed by atoms with Crippen LogP contribution in [0, 0.1) is 20.8 Å². The Morgan fingerprint density at radius 1 is 1.18 bits per heavy atom. The van der Waals surface area contributed by atoms with E-state index in [2.05, 4.69) is 20.8 Å². The molecule has 0 spiro atoms. The molecule has 61 valence electrons. The molecule has 1 rings (SSSR count). The van der Waals surface area contributed by atoms with Gasteiger partial charge in [-0.15, -0.1) is 11.3 Å². The van der Waals surface area contributed by atoms with Gasteiger partial charge in [-0.25, -0.2) is 0 Å². The molecule has 1 heterocycles. The van der Waals surface area contributed by atoms with Gasteiger partial charge >= 0.3 is 0 Å². The normalized spacial score (nSPS) is 9.45. The van der Waals surface area contributed by atoms with Crippen LogP contribution in [-0.4, -0.2) is 0 Å². The molecule has 0 unspecified atom stereocenters. The number of rotatable bonds is 1. The van der Waals surface area contributed by atoms with Crippen LogP contribution in [0.5, 0.6) is 0 Å². The Balaban J connectivity index is 0.000001000. The number of nitrogens with two attached hydrogens (primary N) is 1. The molecule has 0 bridgehead atoms. The molecule has 3 heteroatoms. The first-order valence-electron chi connectivity index (χ1n) is 3.42. The third-order valence-electron chi connectivity index (χ3n) is 1.92. The van der Waals surface area contributed by atoms with E-state index in [9.17, 15) is 0 Å². The molecule has 0 saturated carbocycles. The first-order chi connectivity index (χ1) is 4.66. The molecule has 0 saturated heterocycles. The minimum atomic E-state index is 0. The Kier molecular flexibility index (Phi) is 4.41. The van der Waals surface area contributed by atoms with E-state index in [1.807, 2.05) is 11.3 Å². The summed E-state index contributed by atoms with van der Waals surface area (Å²) < 4.78 is 0. The SMILES string of the molecule is Cc1sc(C)c(CN)c1C.[V]. The van der Waals surface area contributed by atoms with Crippen molar-refractivity contribution in [1.82, 2.24) is 0 Å². The topological polar surface area (TPSA) is 26.0 Å². The molecule has 0 aromatic carbocycles. The van der Waals surface area contributed by atoms with Gasteiger partial charge in [0, 0.05) is 34.9 Å². The summed E-state index contributed by atoms with van der Waals surface area (Å²) in [6, 6.07) is 0. The minimum absolute atomic E-state index is 0. The Labute approximate surface area is 83.9 Å². The average molecular weight is 206 g/mol. The summed E-state index contributed by atoms with van der Waals surface area (Å²) in [6.45, 7) is 7.10. The third kappa shape index (κ3) is 2.09. The second-order valence-corrected chi connectivity index (χ2v) is 3.95. The zero-order chi connectivity index (χ0) is 7.72. The molecular weight excluding hydrogens is 193 g/mol. The zero-order valence-corrected chi connectivity index (χ0v) is 9.35. The summed E-state index contributed by atoms with van der Waals surface area (Å²) in [7, 11) is 0. The van der Waals surface area contributed by atoms with Crippen LogP contribution < -0.4 is 5.73 Å². The Bertz CT molecular complexity index is 242. The molecule has 0 aliphatic carbocycles. The number of hydrogen-bond acceptors (Lipinski definition) is 2. The monoisotopic (exact) mass is 206 g/mol. The fraction of sp³-hybridized carbons (Fsp3) is 0.500. The van der Waals surface area contributed by atoms with Crippen molar-refractivity contribution in [3.8, 4) is 0 Å². The van der Waals surface area contributed by atoms with Crippen LogP contribution in [0.2, 0.25) is 0 Å². The van der Waals surface area contributed by atoms with E-state index < -0.39 is 0 Å². The first kappa shape index (κ1) is 11.2. The molecular formula is C8H13NSV. The summed E-state index contributed by atoms with van der Waals surface area (Å²) in [5, 5.41) is 0. The van der Waals surface area contributed by atoms with Crippen LogP contribution in [0.25, 0.3) is 0 Å². The summed E-state index contributed by atoms with van der Waals surface area (Å²) in [4.78, 5) is 2.77. The maximum Gasteiger partial charge on any atom is 0.0191 e. The van der Waals surface area contributed by atoms with E-state index in [0.717, 1.165) is 0 Å². The van der Waals surface area contributed by atoms with E-state index >= 15 is 0 Å². The summed E-state index contributed by atoms with van der Waals surface area (Å²) in [5.41, 5.74) is 8.29. The van der Waals surface area contributed by atoms with Crippen LogP contribution >= 0.6 is 11.3 Å². The molecule has 1 nitrogen and oxygen atoms in total. The van der Waals surface area contributed by atoms with Crippen molar-refractivity contribution in [3.05, 3.63) is 20.9 Å². The smallest absolute Gasteiger partial charge is 0.0191 e. The Morgan fingerprint density at radius 2 is 1.73 bits per heavy atom. The van der Waals surface area contributed by atoms with Gasteiger partial charge < -0.3 is 5.73 Å². The van der Waals surface area contributed by atoms with Gasteiger partial charge in [0.2, 0.25) is 0 Å². The van der Waals surface area contributed by atoms with Crippen molar-refractivity contribution >= 4 is 11.3 Å². The molecule has 0 amide bonds. The molecule has 1 radical (unpaired) electrons. The van der Waals surface area contributed by atoms with E-state index in [1.54, 1.807) is 0 Å². The van der Waals surface area contributed by atoms with E-state index in [1.165, 1.54) is 20.9 Å². The average Bonchev–Trinajstić information content (AvgIpc) is 2.09. The molecule has 1 aromatic rings. The number of thiophene rings is 1. The largest absolute Gasteiger partial charge is 0.326 e. The molecule has 2 N–H and O–H groups in total. The molecule has 0 aliphatic heterocycles. The van der Waals surface area contributed by atoms with Crippen molar-refractivity contribution in [2.24, 2.45) is 5.73 Å². The maximum atomic E-state index is 5.57. The Morgan fingerprint density at radius 3 is 1.91 bits per heavy atom. The number of hydrogen-bond donors (Lipinski definition) is 1. The maximum absolute atomic E-state index is 5.57. The second-order valence-electron chi connectivity index (χ2n) is 2.52. The van der Waals surface area contributed by atoms with Gasteiger partial charge in [-0.2, -0.15) is 0 Å². The van der Waals surface area contributed by atoms with E-state index in [0.29, 0.717) is 6.54 Å². The van der Waals surface area contributed by atoms with Gasteiger partial charge in [0.1, 0.15) is 0 Å². The van der Waals surface area contributed by atoms with Gasteiger partial charge in [-0.05, 0) is 31.9 Å². The first-order valence-corrected chi connectivity index (χ1v) is 4.24. The van der Waals surface area contributed by atoms with Gasteiger partial charge in [0.15, 0.2) is 0 Å². The molecule has 0 fully saturated rings. The van der Waals surface area contributed by atoms with Crippen LogP contribution in [0.4, 0.5) is 0 Å². The molecule has 0 aliphatic rings. The van der Waals surface area contributed by atoms with Crippen molar-refractivity contribution in [2.75, 3.05) is 0 Å². The van der Waals surface area contributed by atoms with Gasteiger partial charge in [0.25, 0.3) is 0 Å². The number of aryl methyl sites for hydroxylation is 2. The van der Waals surface area contributed by atoms with Crippen LogP contribution in [-0.2, 0) is 25.1 Å². The minimum Gasteiger partial charge on any atom is -0.326 e. The second kappa shape index (κ2) is 4.31. The quantitative estimate of drug-likeness (QED) is 0.748. The van der Waals surface area contributed by atoms with Gasteiger partial charge in [0.05, 0.1) is 0 Å². The van der Waals surface area contributed by atoms with Crippen molar-refractivity contribution in [2.45, 2.75) is 27.3 Å². The fourth-order valence-electron chi connectivity index (χ4n) is 1.14. The molecule has 1 aromatic heterocycles. The predicted octanol–water partition coefficient (Wildman–Crippen LogP) is 2.13. The zero-order valence-electron chi connectivity index (χ0n) is 7.14.